The Morgan fingerprint density at radius 3 is 2.88 bits per heavy atom. The zero-order valence-electron chi connectivity index (χ0n) is 9.28. The summed E-state index contributed by atoms with van der Waals surface area (Å²) in [5, 5.41) is 14.5. The van der Waals surface area contributed by atoms with Crippen molar-refractivity contribution in [2.45, 2.75) is 17.0 Å². The molecule has 6 nitrogen and oxygen atoms in total. The summed E-state index contributed by atoms with van der Waals surface area (Å²) in [6.45, 7) is 1.67. The maximum Gasteiger partial charge on any atom is 0.340 e. The van der Waals surface area contributed by atoms with Gasteiger partial charge in [0, 0.05) is 13.2 Å². The number of carboxylic acid groups (broad SMARTS) is 1. The van der Waals surface area contributed by atoms with E-state index in [0.717, 1.165) is 0 Å². The van der Waals surface area contributed by atoms with Crippen LogP contribution in [0.25, 0.3) is 0 Å². The van der Waals surface area contributed by atoms with E-state index in [1.807, 2.05) is 0 Å². The number of carboxylic acids is 1. The number of nitrogens with zero attached hydrogens (tertiary/aromatic N) is 4. The Labute approximate surface area is 102 Å². The zero-order chi connectivity index (χ0) is 12.4. The van der Waals surface area contributed by atoms with E-state index >= 15 is 0 Å². The summed E-state index contributed by atoms with van der Waals surface area (Å²) in [5.41, 5.74) is 0.715. The van der Waals surface area contributed by atoms with Crippen molar-refractivity contribution in [2.75, 3.05) is 0 Å². The van der Waals surface area contributed by atoms with Gasteiger partial charge in [0.15, 0.2) is 0 Å². The lowest BCUT2D eigenvalue weighted by atomic mass is 10.3. The molecule has 7 heteroatoms. The smallest absolute Gasteiger partial charge is 0.340 e. The summed E-state index contributed by atoms with van der Waals surface area (Å²) in [4.78, 5) is 19.0. The Morgan fingerprint density at radius 2 is 2.29 bits per heavy atom. The van der Waals surface area contributed by atoms with Gasteiger partial charge in [-0.3, -0.25) is 4.68 Å². The Morgan fingerprint density at radius 1 is 1.53 bits per heavy atom. The molecule has 1 N–H and O–H groups in total. The fraction of sp³-hybridized carbons (Fsp3) is 0.200. The zero-order valence-corrected chi connectivity index (χ0v) is 10.1. The molecule has 0 saturated heterocycles. The summed E-state index contributed by atoms with van der Waals surface area (Å²) in [6.07, 6.45) is 3.03. The van der Waals surface area contributed by atoms with Gasteiger partial charge in [-0.1, -0.05) is 0 Å². The van der Waals surface area contributed by atoms with Gasteiger partial charge in [0.05, 0.1) is 5.69 Å². The molecule has 0 aliphatic rings. The van der Waals surface area contributed by atoms with Crippen molar-refractivity contribution < 1.29 is 9.90 Å². The standard InChI is InChI=1S/C10H10N4O2S/c1-6-8(10(15)16)9(14(2)13-6)17-7-3-4-11-5-12-7/h3-5H,1-2H3,(H,15,16). The van der Waals surface area contributed by atoms with Crippen LogP contribution < -0.4 is 0 Å². The molecule has 2 heterocycles. The Balaban J connectivity index is 2.42. The third-order valence-corrected chi connectivity index (χ3v) is 3.25. The summed E-state index contributed by atoms with van der Waals surface area (Å²) >= 11 is 1.26. The van der Waals surface area contributed by atoms with Crippen LogP contribution in [-0.2, 0) is 7.05 Å². The second-order valence-corrected chi connectivity index (χ2v) is 4.35. The number of carbonyl (C=O) groups is 1. The fourth-order valence-corrected chi connectivity index (χ4v) is 2.38. The molecule has 0 bridgehead atoms. The highest BCUT2D eigenvalue weighted by Gasteiger charge is 2.20. The van der Waals surface area contributed by atoms with E-state index in [2.05, 4.69) is 15.1 Å². The van der Waals surface area contributed by atoms with Gasteiger partial charge >= 0.3 is 5.97 Å². The van der Waals surface area contributed by atoms with Crippen LogP contribution in [0.4, 0.5) is 0 Å². The van der Waals surface area contributed by atoms with E-state index in [9.17, 15) is 4.79 Å². The number of rotatable bonds is 3. The third kappa shape index (κ3) is 2.28. The number of hydrogen-bond acceptors (Lipinski definition) is 5. The molecule has 88 valence electrons. The minimum Gasteiger partial charge on any atom is -0.478 e. The van der Waals surface area contributed by atoms with E-state index in [-0.39, 0.29) is 5.56 Å². The van der Waals surface area contributed by atoms with Crippen molar-refractivity contribution in [1.82, 2.24) is 19.7 Å². The average molecular weight is 250 g/mol. The topological polar surface area (TPSA) is 80.9 Å². The van der Waals surface area contributed by atoms with E-state index < -0.39 is 5.97 Å². The molecule has 0 aliphatic carbocycles. The molecule has 2 aromatic heterocycles. The van der Waals surface area contributed by atoms with Crippen LogP contribution >= 0.6 is 11.8 Å². The molecule has 0 amide bonds. The maximum atomic E-state index is 11.1. The number of hydrogen-bond donors (Lipinski definition) is 1. The second kappa shape index (κ2) is 4.54. The maximum absolute atomic E-state index is 11.1. The highest BCUT2D eigenvalue weighted by Crippen LogP contribution is 2.29. The summed E-state index contributed by atoms with van der Waals surface area (Å²) in [7, 11) is 1.71. The first-order valence-electron chi connectivity index (χ1n) is 4.80. The Bertz CT molecular complexity index is 553. The van der Waals surface area contributed by atoms with Gasteiger partial charge in [-0.2, -0.15) is 5.10 Å². The Kier molecular flexibility index (Phi) is 3.10. The van der Waals surface area contributed by atoms with E-state index in [1.165, 1.54) is 18.1 Å². The lowest BCUT2D eigenvalue weighted by Gasteiger charge is -2.02. The predicted molar refractivity (Wildman–Crippen MR) is 61.1 cm³/mol. The lowest BCUT2D eigenvalue weighted by molar-refractivity contribution is 0.0692. The van der Waals surface area contributed by atoms with Crippen molar-refractivity contribution in [2.24, 2.45) is 7.05 Å². The van der Waals surface area contributed by atoms with E-state index in [0.29, 0.717) is 15.7 Å². The normalized spacial score (nSPS) is 10.5. The van der Waals surface area contributed by atoms with Gasteiger partial charge in [-0.05, 0) is 24.8 Å². The lowest BCUT2D eigenvalue weighted by Crippen LogP contribution is -2.00. The summed E-state index contributed by atoms with van der Waals surface area (Å²) in [5.74, 6) is -0.979. The van der Waals surface area contributed by atoms with Gasteiger partial charge in [0.25, 0.3) is 0 Å². The molecule has 0 radical (unpaired) electrons. The van der Waals surface area contributed by atoms with Gasteiger partial charge in [0.2, 0.25) is 0 Å². The fourth-order valence-electron chi connectivity index (χ4n) is 1.44. The van der Waals surface area contributed by atoms with E-state index in [1.54, 1.807) is 30.9 Å². The van der Waals surface area contributed by atoms with Crippen LogP contribution in [0.2, 0.25) is 0 Å². The van der Waals surface area contributed by atoms with Crippen LogP contribution in [0.3, 0.4) is 0 Å². The highest BCUT2D eigenvalue weighted by atomic mass is 32.2. The second-order valence-electron chi connectivity index (χ2n) is 3.34. The van der Waals surface area contributed by atoms with E-state index in [4.69, 9.17) is 5.11 Å². The molecular weight excluding hydrogens is 240 g/mol. The molecule has 0 unspecified atom stereocenters. The van der Waals surface area contributed by atoms with Crippen molar-refractivity contribution in [3.8, 4) is 0 Å². The van der Waals surface area contributed by atoms with Gasteiger partial charge in [0.1, 0.15) is 21.9 Å². The quantitative estimate of drug-likeness (QED) is 0.828. The number of aromatic carboxylic acids is 1. The first kappa shape index (κ1) is 11.6. The number of aryl methyl sites for hydroxylation is 2. The first-order valence-corrected chi connectivity index (χ1v) is 5.62. The van der Waals surface area contributed by atoms with Crippen molar-refractivity contribution >= 4 is 17.7 Å². The summed E-state index contributed by atoms with van der Waals surface area (Å²) < 4.78 is 1.55. The minimum absolute atomic E-state index is 0.219. The molecule has 17 heavy (non-hydrogen) atoms. The summed E-state index contributed by atoms with van der Waals surface area (Å²) in [6, 6.07) is 1.72. The van der Waals surface area contributed by atoms with Crippen molar-refractivity contribution in [3.63, 3.8) is 0 Å². The molecule has 0 spiro atoms. The van der Waals surface area contributed by atoms with Crippen molar-refractivity contribution in [1.29, 1.82) is 0 Å². The van der Waals surface area contributed by atoms with Crippen LogP contribution in [-0.4, -0.2) is 30.8 Å². The minimum atomic E-state index is -0.979. The number of aromatic nitrogens is 4. The molecule has 2 rings (SSSR count). The molecule has 0 saturated carbocycles. The third-order valence-electron chi connectivity index (χ3n) is 2.14. The van der Waals surface area contributed by atoms with Crippen molar-refractivity contribution in [3.05, 3.63) is 29.8 Å². The van der Waals surface area contributed by atoms with Crippen LogP contribution in [0, 0.1) is 6.92 Å². The highest BCUT2D eigenvalue weighted by molar-refractivity contribution is 7.99. The average Bonchev–Trinajstić information content (AvgIpc) is 2.55. The van der Waals surface area contributed by atoms with Gasteiger partial charge < -0.3 is 5.11 Å². The van der Waals surface area contributed by atoms with Crippen LogP contribution in [0.5, 0.6) is 0 Å². The Hall–Kier alpha value is -1.89. The van der Waals surface area contributed by atoms with Crippen LogP contribution in [0.1, 0.15) is 16.1 Å². The van der Waals surface area contributed by atoms with Crippen LogP contribution in [0.15, 0.2) is 28.6 Å². The predicted octanol–water partition coefficient (Wildman–Crippen LogP) is 1.37. The molecule has 0 aliphatic heterocycles. The monoisotopic (exact) mass is 250 g/mol. The molecular formula is C10H10N4O2S. The largest absolute Gasteiger partial charge is 0.478 e. The molecule has 2 aromatic rings. The molecule has 0 atom stereocenters. The van der Waals surface area contributed by atoms with Gasteiger partial charge in [-0.15, -0.1) is 0 Å². The SMILES string of the molecule is Cc1nn(C)c(Sc2ccncn2)c1C(=O)O. The first-order chi connectivity index (χ1) is 8.09. The molecule has 0 fully saturated rings. The molecule has 0 aromatic carbocycles. The van der Waals surface area contributed by atoms with Gasteiger partial charge in [-0.25, -0.2) is 14.8 Å².